The molecule has 0 atom stereocenters. The molecule has 0 amide bonds. The van der Waals surface area contributed by atoms with Crippen LogP contribution in [-0.2, 0) is 13.1 Å². The fourth-order valence-corrected chi connectivity index (χ4v) is 1.98. The highest BCUT2D eigenvalue weighted by molar-refractivity contribution is 5.80. The van der Waals surface area contributed by atoms with Gasteiger partial charge in [0.05, 0.1) is 0 Å². The summed E-state index contributed by atoms with van der Waals surface area (Å²) < 4.78 is 38.0. The van der Waals surface area contributed by atoms with Gasteiger partial charge >= 0.3 is 6.18 Å². The standard InChI is InChI=1S/C12H14F3N3/c13-12(14,15)4-2-6-18-8-9(7-16)10-3-1-5-17-11(10)18/h1,3,5,8H,2,4,6-7,16H2. The Kier molecular flexibility index (Phi) is 3.56. The summed E-state index contributed by atoms with van der Waals surface area (Å²) in [5.74, 6) is 0. The van der Waals surface area contributed by atoms with Crippen LogP contribution in [0.5, 0.6) is 0 Å². The number of nitrogens with two attached hydrogens (primary N) is 1. The lowest BCUT2D eigenvalue weighted by molar-refractivity contribution is -0.135. The van der Waals surface area contributed by atoms with E-state index >= 15 is 0 Å². The number of aryl methyl sites for hydroxylation is 1. The monoisotopic (exact) mass is 257 g/mol. The first kappa shape index (κ1) is 12.9. The van der Waals surface area contributed by atoms with Crippen molar-refractivity contribution in [1.82, 2.24) is 9.55 Å². The molecule has 0 saturated heterocycles. The molecule has 0 saturated carbocycles. The topological polar surface area (TPSA) is 43.8 Å². The fourth-order valence-electron chi connectivity index (χ4n) is 1.98. The minimum absolute atomic E-state index is 0.0495. The van der Waals surface area contributed by atoms with E-state index in [2.05, 4.69) is 4.98 Å². The van der Waals surface area contributed by atoms with E-state index in [9.17, 15) is 13.2 Å². The van der Waals surface area contributed by atoms with Crippen molar-refractivity contribution in [2.45, 2.75) is 32.1 Å². The summed E-state index contributed by atoms with van der Waals surface area (Å²) in [6, 6.07) is 3.67. The van der Waals surface area contributed by atoms with E-state index in [1.54, 1.807) is 23.0 Å². The summed E-state index contributed by atoms with van der Waals surface area (Å²) >= 11 is 0. The average molecular weight is 257 g/mol. The van der Waals surface area contributed by atoms with Crippen molar-refractivity contribution in [2.24, 2.45) is 5.73 Å². The van der Waals surface area contributed by atoms with Gasteiger partial charge in [0.1, 0.15) is 5.65 Å². The van der Waals surface area contributed by atoms with E-state index in [-0.39, 0.29) is 6.42 Å². The first-order valence-electron chi connectivity index (χ1n) is 5.71. The normalized spacial score (nSPS) is 12.2. The van der Waals surface area contributed by atoms with Gasteiger partial charge in [-0.15, -0.1) is 0 Å². The Morgan fingerprint density at radius 2 is 2.11 bits per heavy atom. The number of halogens is 3. The summed E-state index contributed by atoms with van der Waals surface area (Å²) in [5.41, 5.74) is 7.21. The van der Waals surface area contributed by atoms with Crippen LogP contribution in [-0.4, -0.2) is 15.7 Å². The maximum absolute atomic E-state index is 12.1. The molecular weight excluding hydrogens is 243 g/mol. The molecule has 0 aromatic carbocycles. The number of aromatic nitrogens is 2. The van der Waals surface area contributed by atoms with Crippen LogP contribution in [0.15, 0.2) is 24.5 Å². The van der Waals surface area contributed by atoms with Crippen molar-refractivity contribution in [3.63, 3.8) is 0 Å². The maximum Gasteiger partial charge on any atom is 0.389 e. The molecule has 2 heterocycles. The van der Waals surface area contributed by atoms with Gasteiger partial charge < -0.3 is 10.3 Å². The van der Waals surface area contributed by atoms with E-state index < -0.39 is 12.6 Å². The molecule has 0 radical (unpaired) electrons. The highest BCUT2D eigenvalue weighted by atomic mass is 19.4. The Balaban J connectivity index is 2.18. The van der Waals surface area contributed by atoms with Crippen molar-refractivity contribution < 1.29 is 13.2 Å². The maximum atomic E-state index is 12.1. The number of hydrogen-bond acceptors (Lipinski definition) is 2. The average Bonchev–Trinajstić information content (AvgIpc) is 2.66. The fraction of sp³-hybridized carbons (Fsp3) is 0.417. The Bertz CT molecular complexity index is 531. The third kappa shape index (κ3) is 2.81. The zero-order valence-corrected chi connectivity index (χ0v) is 9.74. The predicted molar refractivity (Wildman–Crippen MR) is 62.9 cm³/mol. The molecule has 0 bridgehead atoms. The number of pyridine rings is 1. The SMILES string of the molecule is NCc1cn(CCCC(F)(F)F)c2ncccc12. The molecule has 2 rings (SSSR count). The van der Waals surface area contributed by atoms with Crippen LogP contribution in [0.2, 0.25) is 0 Å². The van der Waals surface area contributed by atoms with Crippen LogP contribution in [0.1, 0.15) is 18.4 Å². The molecule has 18 heavy (non-hydrogen) atoms. The van der Waals surface area contributed by atoms with E-state index in [0.717, 1.165) is 10.9 Å². The molecule has 0 aliphatic rings. The zero-order valence-electron chi connectivity index (χ0n) is 9.74. The van der Waals surface area contributed by atoms with Crippen LogP contribution in [0.4, 0.5) is 13.2 Å². The van der Waals surface area contributed by atoms with Crippen molar-refractivity contribution >= 4 is 11.0 Å². The van der Waals surface area contributed by atoms with Crippen LogP contribution >= 0.6 is 0 Å². The molecule has 0 spiro atoms. The van der Waals surface area contributed by atoms with E-state index in [0.29, 0.717) is 18.7 Å². The lowest BCUT2D eigenvalue weighted by atomic mass is 10.2. The summed E-state index contributed by atoms with van der Waals surface area (Å²) in [7, 11) is 0. The number of hydrogen-bond donors (Lipinski definition) is 1. The minimum atomic E-state index is -4.10. The first-order chi connectivity index (χ1) is 8.51. The third-order valence-corrected chi connectivity index (χ3v) is 2.80. The van der Waals surface area contributed by atoms with Crippen LogP contribution in [0, 0.1) is 0 Å². The number of nitrogens with zero attached hydrogens (tertiary/aromatic N) is 2. The smallest absolute Gasteiger partial charge is 0.332 e. The van der Waals surface area contributed by atoms with E-state index in [1.165, 1.54) is 0 Å². The molecule has 98 valence electrons. The van der Waals surface area contributed by atoms with Crippen LogP contribution in [0.25, 0.3) is 11.0 Å². The second-order valence-electron chi connectivity index (χ2n) is 4.15. The van der Waals surface area contributed by atoms with Crippen molar-refractivity contribution in [2.75, 3.05) is 0 Å². The summed E-state index contributed by atoms with van der Waals surface area (Å²) in [5, 5.41) is 0.909. The van der Waals surface area contributed by atoms with Gasteiger partial charge in [0.2, 0.25) is 0 Å². The lowest BCUT2D eigenvalue weighted by Gasteiger charge is -2.07. The molecule has 0 unspecified atom stereocenters. The third-order valence-electron chi connectivity index (χ3n) is 2.80. The van der Waals surface area contributed by atoms with Crippen LogP contribution < -0.4 is 5.73 Å². The predicted octanol–water partition coefficient (Wildman–Crippen LogP) is 2.84. The lowest BCUT2D eigenvalue weighted by Crippen LogP contribution is -2.09. The van der Waals surface area contributed by atoms with Crippen LogP contribution in [0.3, 0.4) is 0 Å². The van der Waals surface area contributed by atoms with E-state index in [4.69, 9.17) is 5.73 Å². The van der Waals surface area contributed by atoms with E-state index in [1.807, 2.05) is 6.07 Å². The molecule has 3 nitrogen and oxygen atoms in total. The molecule has 2 aromatic rings. The molecule has 6 heteroatoms. The number of alkyl halides is 3. The Labute approximate surface area is 102 Å². The van der Waals surface area contributed by atoms with Gasteiger partial charge in [-0.2, -0.15) is 13.2 Å². The quantitative estimate of drug-likeness (QED) is 0.915. The molecular formula is C12H14F3N3. The van der Waals surface area contributed by atoms with Crippen molar-refractivity contribution in [3.05, 3.63) is 30.1 Å². The largest absolute Gasteiger partial charge is 0.389 e. The van der Waals surface area contributed by atoms with Gasteiger partial charge in [0, 0.05) is 37.3 Å². The first-order valence-corrected chi connectivity index (χ1v) is 5.71. The van der Waals surface area contributed by atoms with Gasteiger partial charge in [-0.05, 0) is 24.1 Å². The second-order valence-corrected chi connectivity index (χ2v) is 4.15. The highest BCUT2D eigenvalue weighted by Crippen LogP contribution is 2.23. The Hall–Kier alpha value is -1.56. The zero-order chi connectivity index (χ0) is 13.2. The summed E-state index contributed by atoms with van der Waals surface area (Å²) in [4.78, 5) is 4.19. The van der Waals surface area contributed by atoms with Crippen molar-refractivity contribution in [3.8, 4) is 0 Å². The summed E-state index contributed by atoms with van der Waals surface area (Å²) in [6.07, 6.45) is -1.42. The van der Waals surface area contributed by atoms with Crippen molar-refractivity contribution in [1.29, 1.82) is 0 Å². The van der Waals surface area contributed by atoms with Gasteiger partial charge in [-0.3, -0.25) is 0 Å². The van der Waals surface area contributed by atoms with Gasteiger partial charge in [-0.25, -0.2) is 4.98 Å². The van der Waals surface area contributed by atoms with Gasteiger partial charge in [0.25, 0.3) is 0 Å². The molecule has 0 aliphatic heterocycles. The second kappa shape index (κ2) is 4.97. The van der Waals surface area contributed by atoms with Gasteiger partial charge in [-0.1, -0.05) is 0 Å². The molecule has 2 N–H and O–H groups in total. The highest BCUT2D eigenvalue weighted by Gasteiger charge is 2.26. The Morgan fingerprint density at radius 3 is 2.78 bits per heavy atom. The Morgan fingerprint density at radius 1 is 1.33 bits per heavy atom. The molecule has 0 aliphatic carbocycles. The number of rotatable bonds is 4. The molecule has 2 aromatic heterocycles. The number of fused-ring (bicyclic) bond motifs is 1. The summed E-state index contributed by atoms with van der Waals surface area (Å²) in [6.45, 7) is 0.654. The van der Waals surface area contributed by atoms with Gasteiger partial charge in [0.15, 0.2) is 0 Å². The minimum Gasteiger partial charge on any atom is -0.332 e. The molecule has 0 fully saturated rings.